The first-order valence-corrected chi connectivity index (χ1v) is 10.2. The number of unbranched alkanes of at least 4 members (excludes halogenated alkanes) is 2. The van der Waals surface area contributed by atoms with Gasteiger partial charge in [-0.05, 0) is 42.2 Å². The van der Waals surface area contributed by atoms with Crippen LogP contribution in [0.15, 0.2) is 48.5 Å². The molecule has 166 valence electrons. The molecule has 0 aliphatic heterocycles. The van der Waals surface area contributed by atoms with Crippen molar-refractivity contribution < 1.29 is 28.7 Å². The molecule has 0 saturated carbocycles. The summed E-state index contributed by atoms with van der Waals surface area (Å²) in [6, 6.07) is 11.7. The Bertz CT molecular complexity index is 860. The van der Waals surface area contributed by atoms with Gasteiger partial charge in [0.1, 0.15) is 18.1 Å². The molecule has 0 amide bonds. The van der Waals surface area contributed by atoms with Gasteiger partial charge < -0.3 is 14.2 Å². The van der Waals surface area contributed by atoms with Crippen molar-refractivity contribution in [2.75, 3.05) is 0 Å². The number of esters is 1. The van der Waals surface area contributed by atoms with Crippen LogP contribution in [0.2, 0.25) is 0 Å². The lowest BCUT2D eigenvalue weighted by atomic mass is 10.0. The first-order valence-electron chi connectivity index (χ1n) is 10.2. The maximum atomic E-state index is 11.9. The van der Waals surface area contributed by atoms with Crippen LogP contribution >= 0.6 is 0 Å². The van der Waals surface area contributed by atoms with E-state index in [-0.39, 0.29) is 24.0 Å². The molecule has 8 nitrogen and oxygen atoms in total. The van der Waals surface area contributed by atoms with Gasteiger partial charge in [0.25, 0.3) is 5.69 Å². The van der Waals surface area contributed by atoms with Crippen LogP contribution < -0.4 is 9.47 Å². The van der Waals surface area contributed by atoms with Crippen LogP contribution in [0.25, 0.3) is 0 Å². The van der Waals surface area contributed by atoms with Gasteiger partial charge >= 0.3 is 12.1 Å². The summed E-state index contributed by atoms with van der Waals surface area (Å²) in [4.78, 5) is 33.7. The fourth-order valence-corrected chi connectivity index (χ4v) is 2.74. The highest BCUT2D eigenvalue weighted by Gasteiger charge is 2.10. The van der Waals surface area contributed by atoms with E-state index >= 15 is 0 Å². The van der Waals surface area contributed by atoms with Gasteiger partial charge in [0, 0.05) is 18.6 Å². The number of nitrogens with zero attached hydrogens (tertiary/aromatic N) is 1. The molecule has 0 aliphatic rings. The van der Waals surface area contributed by atoms with Crippen molar-refractivity contribution in [3.05, 3.63) is 64.2 Å². The molecule has 0 heterocycles. The predicted molar refractivity (Wildman–Crippen MR) is 114 cm³/mol. The summed E-state index contributed by atoms with van der Waals surface area (Å²) in [5.41, 5.74) is 0.585. The van der Waals surface area contributed by atoms with E-state index < -0.39 is 11.1 Å². The Morgan fingerprint density at radius 3 is 2.13 bits per heavy atom. The van der Waals surface area contributed by atoms with E-state index in [9.17, 15) is 19.7 Å². The van der Waals surface area contributed by atoms with Gasteiger partial charge in [-0.15, -0.1) is 0 Å². The maximum Gasteiger partial charge on any atom is 0.514 e. The predicted octanol–water partition coefficient (Wildman–Crippen LogP) is 5.82. The van der Waals surface area contributed by atoms with Gasteiger partial charge in [0.05, 0.1) is 4.92 Å². The average Bonchev–Trinajstić information content (AvgIpc) is 2.73. The molecule has 2 aromatic carbocycles. The summed E-state index contributed by atoms with van der Waals surface area (Å²) < 4.78 is 15.3. The first-order chi connectivity index (χ1) is 14.8. The number of nitro benzene ring substituents is 1. The largest absolute Gasteiger partial charge is 0.514 e. The standard InChI is InChI=1S/C23H27NO7/c1-17(2)6-4-3-5-7-22(25)30-20-12-8-18(9-13-20)16-29-23(26)31-21-14-10-19(11-15-21)24(27)28/h8-15,17H,3-7,16H2,1-2H3. The molecule has 0 unspecified atom stereocenters. The van der Waals surface area contributed by atoms with Crippen molar-refractivity contribution in [2.45, 2.75) is 52.6 Å². The molecule has 2 aromatic rings. The molecule has 0 fully saturated rings. The van der Waals surface area contributed by atoms with Crippen LogP contribution in [0, 0.1) is 16.0 Å². The summed E-state index contributed by atoms with van der Waals surface area (Å²) in [7, 11) is 0. The number of nitro groups is 1. The third-order valence-corrected chi connectivity index (χ3v) is 4.42. The van der Waals surface area contributed by atoms with E-state index in [0.717, 1.165) is 19.3 Å². The molecular formula is C23H27NO7. The zero-order valence-corrected chi connectivity index (χ0v) is 17.7. The Morgan fingerprint density at radius 1 is 0.903 bits per heavy atom. The number of carbonyl (C=O) groups is 2. The van der Waals surface area contributed by atoms with Crippen molar-refractivity contribution in [3.63, 3.8) is 0 Å². The van der Waals surface area contributed by atoms with E-state index in [1.807, 2.05) is 0 Å². The molecule has 0 atom stereocenters. The number of hydrogen-bond acceptors (Lipinski definition) is 7. The van der Waals surface area contributed by atoms with Crippen molar-refractivity contribution >= 4 is 17.8 Å². The Labute approximate surface area is 181 Å². The Balaban J connectivity index is 1.69. The first kappa shape index (κ1) is 23.9. The molecule has 8 heteroatoms. The molecule has 0 aliphatic carbocycles. The lowest BCUT2D eigenvalue weighted by molar-refractivity contribution is -0.384. The SMILES string of the molecule is CC(C)CCCCCC(=O)Oc1ccc(COC(=O)Oc2ccc([N+](=O)[O-])cc2)cc1. The second-order valence-electron chi connectivity index (χ2n) is 7.50. The van der Waals surface area contributed by atoms with Crippen LogP contribution in [-0.2, 0) is 16.1 Å². The molecule has 0 radical (unpaired) electrons. The number of hydrogen-bond donors (Lipinski definition) is 0. The zero-order chi connectivity index (χ0) is 22.6. The number of non-ortho nitro benzene ring substituents is 1. The monoisotopic (exact) mass is 429 g/mol. The van der Waals surface area contributed by atoms with Crippen molar-refractivity contribution in [1.82, 2.24) is 0 Å². The maximum absolute atomic E-state index is 11.9. The van der Waals surface area contributed by atoms with E-state index in [1.165, 1.54) is 30.7 Å². The lowest BCUT2D eigenvalue weighted by Crippen LogP contribution is -2.10. The Morgan fingerprint density at radius 2 is 1.52 bits per heavy atom. The van der Waals surface area contributed by atoms with Crippen LogP contribution in [0.3, 0.4) is 0 Å². The van der Waals surface area contributed by atoms with Crippen LogP contribution in [0.4, 0.5) is 10.5 Å². The molecule has 0 N–H and O–H groups in total. The molecule has 0 spiro atoms. The van der Waals surface area contributed by atoms with E-state index in [1.54, 1.807) is 24.3 Å². The van der Waals surface area contributed by atoms with Crippen LogP contribution in [0.5, 0.6) is 11.5 Å². The average molecular weight is 429 g/mol. The molecule has 31 heavy (non-hydrogen) atoms. The van der Waals surface area contributed by atoms with Crippen molar-refractivity contribution in [2.24, 2.45) is 5.92 Å². The summed E-state index contributed by atoms with van der Waals surface area (Å²) >= 11 is 0. The fraction of sp³-hybridized carbons (Fsp3) is 0.391. The minimum atomic E-state index is -0.929. The minimum Gasteiger partial charge on any atom is -0.429 e. The van der Waals surface area contributed by atoms with E-state index in [2.05, 4.69) is 13.8 Å². The summed E-state index contributed by atoms with van der Waals surface area (Å²) in [6.45, 7) is 4.34. The van der Waals surface area contributed by atoms with E-state index in [4.69, 9.17) is 14.2 Å². The molecule has 0 aromatic heterocycles. The Kier molecular flexibility index (Phi) is 9.48. The second kappa shape index (κ2) is 12.3. The van der Waals surface area contributed by atoms with E-state index in [0.29, 0.717) is 23.7 Å². The highest BCUT2D eigenvalue weighted by Crippen LogP contribution is 2.19. The molecule has 2 rings (SSSR count). The topological polar surface area (TPSA) is 105 Å². The quantitative estimate of drug-likeness (QED) is 0.111. The fourth-order valence-electron chi connectivity index (χ4n) is 2.74. The third-order valence-electron chi connectivity index (χ3n) is 4.42. The van der Waals surface area contributed by atoms with Gasteiger partial charge in [0.15, 0.2) is 0 Å². The smallest absolute Gasteiger partial charge is 0.429 e. The number of carbonyl (C=O) groups excluding carboxylic acids is 2. The molecular weight excluding hydrogens is 402 g/mol. The number of rotatable bonds is 11. The summed E-state index contributed by atoms with van der Waals surface area (Å²) in [5.74, 6) is 0.991. The van der Waals surface area contributed by atoms with Crippen LogP contribution in [-0.4, -0.2) is 17.0 Å². The second-order valence-corrected chi connectivity index (χ2v) is 7.50. The number of ether oxygens (including phenoxy) is 3. The lowest BCUT2D eigenvalue weighted by Gasteiger charge is -2.08. The normalized spacial score (nSPS) is 10.5. The summed E-state index contributed by atoms with van der Waals surface area (Å²) in [6.07, 6.45) is 3.57. The van der Waals surface area contributed by atoms with Gasteiger partial charge in [-0.25, -0.2) is 4.79 Å². The third kappa shape index (κ3) is 9.29. The zero-order valence-electron chi connectivity index (χ0n) is 17.7. The molecule has 0 saturated heterocycles. The van der Waals surface area contributed by atoms with Gasteiger partial charge in [-0.3, -0.25) is 14.9 Å². The highest BCUT2D eigenvalue weighted by atomic mass is 16.7. The molecule has 0 bridgehead atoms. The van der Waals surface area contributed by atoms with Gasteiger partial charge in [-0.1, -0.05) is 45.2 Å². The highest BCUT2D eigenvalue weighted by molar-refractivity contribution is 5.72. The van der Waals surface area contributed by atoms with Crippen molar-refractivity contribution in [3.8, 4) is 11.5 Å². The van der Waals surface area contributed by atoms with Gasteiger partial charge in [0.2, 0.25) is 0 Å². The Hall–Kier alpha value is -3.42. The minimum absolute atomic E-state index is 0.0319. The van der Waals surface area contributed by atoms with Gasteiger partial charge in [-0.2, -0.15) is 0 Å². The number of benzene rings is 2. The van der Waals surface area contributed by atoms with Crippen LogP contribution in [0.1, 0.15) is 51.5 Å². The van der Waals surface area contributed by atoms with Crippen molar-refractivity contribution in [1.29, 1.82) is 0 Å². The summed E-state index contributed by atoms with van der Waals surface area (Å²) in [5, 5.41) is 10.6.